The molecule has 1 aromatic heterocycles. The van der Waals surface area contributed by atoms with Crippen LogP contribution in [0.5, 0.6) is 0 Å². The third-order valence-corrected chi connectivity index (χ3v) is 3.73. The molecule has 0 spiro atoms. The fraction of sp³-hybridized carbons (Fsp3) is 0.450. The minimum absolute atomic E-state index is 0.181. The van der Waals surface area contributed by atoms with Crippen LogP contribution in [0.1, 0.15) is 58.6 Å². The molecule has 21 heavy (non-hydrogen) atoms. The fourth-order valence-electron chi connectivity index (χ4n) is 2.17. The molecule has 0 saturated carbocycles. The van der Waals surface area contributed by atoms with Crippen molar-refractivity contribution in [1.82, 2.24) is 4.98 Å². The van der Waals surface area contributed by atoms with Gasteiger partial charge in [0.05, 0.1) is 5.69 Å². The number of benzene rings is 1. The summed E-state index contributed by atoms with van der Waals surface area (Å²) in [6.07, 6.45) is 4.23. The molecule has 0 fully saturated rings. The van der Waals surface area contributed by atoms with Crippen LogP contribution in [0.3, 0.4) is 0 Å². The van der Waals surface area contributed by atoms with E-state index < -0.39 is 0 Å². The summed E-state index contributed by atoms with van der Waals surface area (Å²) >= 11 is 0. The first-order valence-corrected chi connectivity index (χ1v) is 7.98. The monoisotopic (exact) mass is 283 g/mol. The van der Waals surface area contributed by atoms with Gasteiger partial charge < -0.3 is 0 Å². The minimum Gasteiger partial charge on any atom is -0.256 e. The van der Waals surface area contributed by atoms with E-state index in [0.29, 0.717) is 0 Å². The maximum atomic E-state index is 4.50. The minimum atomic E-state index is 0.181. The van der Waals surface area contributed by atoms with Crippen LogP contribution in [0, 0.1) is 6.92 Å². The Morgan fingerprint density at radius 3 is 2.19 bits per heavy atom. The zero-order valence-electron chi connectivity index (χ0n) is 14.4. The van der Waals surface area contributed by atoms with Gasteiger partial charge in [-0.15, -0.1) is 0 Å². The molecule has 0 N–H and O–H groups in total. The maximum absolute atomic E-state index is 4.50. The van der Waals surface area contributed by atoms with Gasteiger partial charge in [0, 0.05) is 11.8 Å². The van der Waals surface area contributed by atoms with Gasteiger partial charge in [0.25, 0.3) is 0 Å². The second-order valence-corrected chi connectivity index (χ2v) is 6.21. The van der Waals surface area contributed by atoms with E-state index in [0.717, 1.165) is 12.1 Å². The van der Waals surface area contributed by atoms with E-state index in [-0.39, 0.29) is 5.41 Å². The molecule has 0 unspecified atom stereocenters. The van der Waals surface area contributed by atoms with Crippen molar-refractivity contribution in [3.8, 4) is 11.3 Å². The molecule has 1 heterocycles. The Morgan fingerprint density at radius 1 is 1.00 bits per heavy atom. The van der Waals surface area contributed by atoms with Gasteiger partial charge in [-0.25, -0.2) is 0 Å². The number of pyridine rings is 1. The molecule has 0 aliphatic rings. The summed E-state index contributed by atoms with van der Waals surface area (Å²) in [5.41, 5.74) is 5.18. The zero-order chi connectivity index (χ0) is 15.9. The highest BCUT2D eigenvalue weighted by molar-refractivity contribution is 5.66. The van der Waals surface area contributed by atoms with E-state index in [1.54, 1.807) is 0 Å². The van der Waals surface area contributed by atoms with Crippen LogP contribution < -0.4 is 0 Å². The first-order chi connectivity index (χ1) is 9.96. The molecule has 1 heteroatoms. The summed E-state index contributed by atoms with van der Waals surface area (Å²) in [6.45, 7) is 13.2. The van der Waals surface area contributed by atoms with Crippen molar-refractivity contribution in [1.29, 1.82) is 0 Å². The molecule has 0 aliphatic carbocycles. The molecule has 0 radical (unpaired) electrons. The van der Waals surface area contributed by atoms with Crippen LogP contribution in [0.25, 0.3) is 11.3 Å². The van der Waals surface area contributed by atoms with Gasteiger partial charge in [0.1, 0.15) is 0 Å². The summed E-state index contributed by atoms with van der Waals surface area (Å²) in [7, 11) is 0. The van der Waals surface area contributed by atoms with Crippen LogP contribution in [0.15, 0.2) is 42.6 Å². The summed E-state index contributed by atoms with van der Waals surface area (Å²) in [5.74, 6) is 0. The Balaban J connectivity index is 0.000000677. The van der Waals surface area contributed by atoms with E-state index in [2.05, 4.69) is 70.8 Å². The van der Waals surface area contributed by atoms with Crippen LogP contribution in [0.2, 0.25) is 0 Å². The lowest BCUT2D eigenvalue weighted by atomic mass is 9.78. The first kappa shape index (κ1) is 17.4. The molecule has 2 rings (SSSR count). The molecule has 1 aromatic carbocycles. The molecular weight excluding hydrogens is 254 g/mol. The molecule has 0 aliphatic heterocycles. The molecule has 0 amide bonds. The largest absolute Gasteiger partial charge is 0.256 e. The van der Waals surface area contributed by atoms with Crippen molar-refractivity contribution in [3.63, 3.8) is 0 Å². The molecule has 114 valence electrons. The van der Waals surface area contributed by atoms with Crippen LogP contribution in [-0.2, 0) is 5.41 Å². The Hall–Kier alpha value is -1.63. The van der Waals surface area contributed by atoms with E-state index in [9.17, 15) is 0 Å². The van der Waals surface area contributed by atoms with Gasteiger partial charge in [0.2, 0.25) is 0 Å². The molecule has 1 nitrogen and oxygen atoms in total. The van der Waals surface area contributed by atoms with Crippen molar-refractivity contribution >= 4 is 0 Å². The highest BCUT2D eigenvalue weighted by Crippen LogP contribution is 2.35. The number of hydrogen-bond donors (Lipinski definition) is 0. The number of aromatic nitrogens is 1. The predicted octanol–water partition coefficient (Wildman–Crippen LogP) is 6.16. The highest BCUT2D eigenvalue weighted by atomic mass is 14.7. The lowest BCUT2D eigenvalue weighted by Crippen LogP contribution is -2.17. The van der Waals surface area contributed by atoms with Gasteiger partial charge >= 0.3 is 0 Å². The number of rotatable bonds is 3. The lowest BCUT2D eigenvalue weighted by molar-refractivity contribution is 0.507. The average molecular weight is 283 g/mol. The topological polar surface area (TPSA) is 12.9 Å². The van der Waals surface area contributed by atoms with Gasteiger partial charge in [0.15, 0.2) is 0 Å². The smallest absolute Gasteiger partial charge is 0.0705 e. The van der Waals surface area contributed by atoms with Gasteiger partial charge in [-0.3, -0.25) is 4.98 Å². The molecule has 0 saturated heterocycles. The second kappa shape index (κ2) is 7.97. The molecular formula is C20H29N. The summed E-state index contributed by atoms with van der Waals surface area (Å²) in [5, 5.41) is 0. The summed E-state index contributed by atoms with van der Waals surface area (Å²) < 4.78 is 0. The lowest BCUT2D eigenvalue weighted by Gasteiger charge is -2.26. The molecule has 2 aromatic rings. The summed E-state index contributed by atoms with van der Waals surface area (Å²) in [6, 6.07) is 12.8. The Labute approximate surface area is 130 Å². The maximum Gasteiger partial charge on any atom is 0.0705 e. The zero-order valence-corrected chi connectivity index (χ0v) is 14.4. The van der Waals surface area contributed by atoms with E-state index in [1.807, 2.05) is 18.3 Å². The number of nitrogens with zero attached hydrogens (tertiary/aromatic N) is 1. The van der Waals surface area contributed by atoms with Crippen LogP contribution >= 0.6 is 0 Å². The van der Waals surface area contributed by atoms with E-state index in [4.69, 9.17) is 0 Å². The third-order valence-electron chi connectivity index (χ3n) is 3.73. The molecule has 0 bridgehead atoms. The standard InChI is InChI=1S/C17H21N.C3H8/c1-5-17(3,4)15-10-9-13(2)12-14(15)16-8-6-7-11-18-16;1-3-2/h6-12H,5H2,1-4H3;3H2,1-2H3. The van der Waals surface area contributed by atoms with Crippen molar-refractivity contribution in [2.24, 2.45) is 0 Å². The van der Waals surface area contributed by atoms with Crippen molar-refractivity contribution in [2.75, 3.05) is 0 Å². The summed E-state index contributed by atoms with van der Waals surface area (Å²) in [4.78, 5) is 4.50. The van der Waals surface area contributed by atoms with Gasteiger partial charge in [-0.05, 0) is 42.5 Å². The SMILES string of the molecule is CCC.CCC(C)(C)c1ccc(C)cc1-c1ccccn1. The Morgan fingerprint density at radius 2 is 1.67 bits per heavy atom. The van der Waals surface area contributed by atoms with Gasteiger partial charge in [-0.1, -0.05) is 64.8 Å². The fourth-order valence-corrected chi connectivity index (χ4v) is 2.17. The average Bonchev–Trinajstić information content (AvgIpc) is 2.48. The highest BCUT2D eigenvalue weighted by Gasteiger charge is 2.22. The first-order valence-electron chi connectivity index (χ1n) is 7.98. The Kier molecular flexibility index (Phi) is 6.61. The van der Waals surface area contributed by atoms with Crippen molar-refractivity contribution < 1.29 is 0 Å². The van der Waals surface area contributed by atoms with E-state index >= 15 is 0 Å². The van der Waals surface area contributed by atoms with Gasteiger partial charge in [-0.2, -0.15) is 0 Å². The van der Waals surface area contributed by atoms with Crippen LogP contribution in [-0.4, -0.2) is 4.98 Å². The quantitative estimate of drug-likeness (QED) is 0.657. The normalized spacial score (nSPS) is 10.8. The van der Waals surface area contributed by atoms with Crippen LogP contribution in [0.4, 0.5) is 0 Å². The van der Waals surface area contributed by atoms with Crippen molar-refractivity contribution in [3.05, 3.63) is 53.7 Å². The van der Waals surface area contributed by atoms with Crippen molar-refractivity contribution in [2.45, 2.75) is 59.8 Å². The number of hydrogen-bond acceptors (Lipinski definition) is 1. The third kappa shape index (κ3) is 4.70. The predicted molar refractivity (Wildman–Crippen MR) is 93.7 cm³/mol. The number of aryl methyl sites for hydroxylation is 1. The Bertz CT molecular complexity index is 541. The van der Waals surface area contributed by atoms with E-state index in [1.165, 1.54) is 23.1 Å². The molecule has 0 atom stereocenters. The second-order valence-electron chi connectivity index (χ2n) is 6.21.